The molecule has 1 aromatic heterocycles. The van der Waals surface area contributed by atoms with Gasteiger partial charge in [0.15, 0.2) is 0 Å². The van der Waals surface area contributed by atoms with E-state index >= 15 is 0 Å². The molecule has 34 heavy (non-hydrogen) atoms. The number of rotatable bonds is 11. The summed E-state index contributed by atoms with van der Waals surface area (Å²) in [6.45, 7) is 6.46. The Morgan fingerprint density at radius 1 is 0.912 bits per heavy atom. The van der Waals surface area contributed by atoms with E-state index in [0.29, 0.717) is 18.7 Å². The molecule has 0 bridgehead atoms. The Morgan fingerprint density at radius 2 is 1.71 bits per heavy atom. The number of hydrogen-bond donors (Lipinski definition) is 1. The van der Waals surface area contributed by atoms with Crippen LogP contribution in [0.1, 0.15) is 46.6 Å². The number of benzene rings is 3. The van der Waals surface area contributed by atoms with Crippen LogP contribution < -0.4 is 10.1 Å². The van der Waals surface area contributed by atoms with Crippen LogP contribution in [0.15, 0.2) is 72.8 Å². The molecule has 5 heteroatoms. The van der Waals surface area contributed by atoms with Gasteiger partial charge in [-0.25, -0.2) is 4.98 Å². The van der Waals surface area contributed by atoms with E-state index in [-0.39, 0.29) is 5.91 Å². The number of nitrogens with zero attached hydrogens (tertiary/aromatic N) is 2. The molecule has 0 saturated carbocycles. The quantitative estimate of drug-likeness (QED) is 0.288. The number of para-hydroxylation sites is 2. The molecule has 0 saturated heterocycles. The van der Waals surface area contributed by atoms with Crippen molar-refractivity contribution in [1.82, 2.24) is 14.9 Å². The summed E-state index contributed by atoms with van der Waals surface area (Å²) in [6.07, 6.45) is 3.66. The van der Waals surface area contributed by atoms with Crippen LogP contribution in [0.4, 0.5) is 0 Å². The van der Waals surface area contributed by atoms with Crippen LogP contribution in [0.25, 0.3) is 11.0 Å². The summed E-state index contributed by atoms with van der Waals surface area (Å²) in [5.41, 5.74) is 5.43. The molecule has 1 heterocycles. The summed E-state index contributed by atoms with van der Waals surface area (Å²) < 4.78 is 8.28. The van der Waals surface area contributed by atoms with Gasteiger partial charge in [0.1, 0.15) is 11.6 Å². The standard InChI is InChI=1S/C29H33N3O2/c1-22-16-17-25(21-23(22)2)34-20-9-8-19-32-27-14-7-6-13-26(27)31-28(32)15-10-18-30-29(33)24-11-4-3-5-12-24/h3-7,11-14,16-17,21H,8-10,15,18-20H2,1-2H3,(H,30,33). The Kier molecular flexibility index (Phi) is 7.97. The minimum absolute atomic E-state index is 0.0297. The molecular formula is C29H33N3O2. The minimum Gasteiger partial charge on any atom is -0.494 e. The van der Waals surface area contributed by atoms with Crippen LogP contribution >= 0.6 is 0 Å². The molecule has 0 atom stereocenters. The smallest absolute Gasteiger partial charge is 0.251 e. The Labute approximate surface area is 201 Å². The van der Waals surface area contributed by atoms with Gasteiger partial charge in [-0.3, -0.25) is 4.79 Å². The second kappa shape index (κ2) is 11.5. The van der Waals surface area contributed by atoms with Crippen LogP contribution in [-0.4, -0.2) is 28.6 Å². The first-order chi connectivity index (χ1) is 16.6. The van der Waals surface area contributed by atoms with Crippen LogP contribution in [0.5, 0.6) is 5.75 Å². The third-order valence-electron chi connectivity index (χ3n) is 6.16. The topological polar surface area (TPSA) is 56.1 Å². The molecule has 0 aliphatic rings. The van der Waals surface area contributed by atoms with Gasteiger partial charge in [-0.15, -0.1) is 0 Å². The van der Waals surface area contributed by atoms with E-state index in [4.69, 9.17) is 9.72 Å². The number of carbonyl (C=O) groups excluding carboxylic acids is 1. The van der Waals surface area contributed by atoms with Crippen molar-refractivity contribution in [2.75, 3.05) is 13.2 Å². The molecule has 0 spiro atoms. The monoisotopic (exact) mass is 455 g/mol. The molecule has 0 unspecified atom stereocenters. The van der Waals surface area contributed by atoms with E-state index in [9.17, 15) is 4.79 Å². The van der Waals surface area contributed by atoms with E-state index in [1.54, 1.807) is 0 Å². The van der Waals surface area contributed by atoms with Gasteiger partial charge in [0.05, 0.1) is 17.6 Å². The summed E-state index contributed by atoms with van der Waals surface area (Å²) in [4.78, 5) is 17.1. The van der Waals surface area contributed by atoms with Crippen molar-refractivity contribution >= 4 is 16.9 Å². The van der Waals surface area contributed by atoms with Gasteiger partial charge in [-0.2, -0.15) is 0 Å². The number of aromatic nitrogens is 2. The normalized spacial score (nSPS) is 11.0. The van der Waals surface area contributed by atoms with Crippen molar-refractivity contribution in [3.05, 3.63) is 95.3 Å². The molecule has 4 aromatic rings. The number of fused-ring (bicyclic) bond motifs is 1. The molecule has 0 aliphatic carbocycles. The van der Waals surface area contributed by atoms with E-state index in [0.717, 1.165) is 49.3 Å². The summed E-state index contributed by atoms with van der Waals surface area (Å²) in [6, 6.07) is 23.9. The van der Waals surface area contributed by atoms with Crippen molar-refractivity contribution < 1.29 is 9.53 Å². The molecule has 1 amide bonds. The van der Waals surface area contributed by atoms with Gasteiger partial charge in [0.25, 0.3) is 5.91 Å². The first-order valence-electron chi connectivity index (χ1n) is 12.1. The van der Waals surface area contributed by atoms with E-state index in [2.05, 4.69) is 54.1 Å². The Morgan fingerprint density at radius 3 is 2.53 bits per heavy atom. The number of amides is 1. The first-order valence-corrected chi connectivity index (χ1v) is 12.1. The zero-order valence-electron chi connectivity index (χ0n) is 20.1. The third-order valence-corrected chi connectivity index (χ3v) is 6.16. The number of hydrogen-bond acceptors (Lipinski definition) is 3. The highest BCUT2D eigenvalue weighted by Crippen LogP contribution is 2.19. The van der Waals surface area contributed by atoms with Crippen molar-refractivity contribution in [1.29, 1.82) is 0 Å². The second-order valence-electron chi connectivity index (χ2n) is 8.70. The molecule has 0 fully saturated rings. The maximum atomic E-state index is 12.3. The molecule has 1 N–H and O–H groups in total. The van der Waals surface area contributed by atoms with Crippen molar-refractivity contribution in [2.45, 2.75) is 46.1 Å². The number of nitrogens with one attached hydrogen (secondary N) is 1. The summed E-state index contributed by atoms with van der Waals surface area (Å²) in [5, 5.41) is 3.01. The highest BCUT2D eigenvalue weighted by atomic mass is 16.5. The second-order valence-corrected chi connectivity index (χ2v) is 8.70. The molecule has 3 aromatic carbocycles. The molecular weight excluding hydrogens is 422 g/mol. The van der Waals surface area contributed by atoms with Gasteiger partial charge in [-0.05, 0) is 80.6 Å². The Balaban J connectivity index is 1.29. The van der Waals surface area contributed by atoms with Gasteiger partial charge >= 0.3 is 0 Å². The van der Waals surface area contributed by atoms with E-state index in [1.165, 1.54) is 16.6 Å². The fraction of sp³-hybridized carbons (Fsp3) is 0.310. The maximum absolute atomic E-state index is 12.3. The number of unbranched alkanes of at least 4 members (excludes halogenated alkanes) is 1. The Hall–Kier alpha value is -3.60. The zero-order chi connectivity index (χ0) is 23.8. The van der Waals surface area contributed by atoms with Crippen molar-refractivity contribution in [3.8, 4) is 5.75 Å². The lowest BCUT2D eigenvalue weighted by Crippen LogP contribution is -2.24. The maximum Gasteiger partial charge on any atom is 0.251 e. The summed E-state index contributed by atoms with van der Waals surface area (Å²) in [7, 11) is 0. The van der Waals surface area contributed by atoms with Crippen molar-refractivity contribution in [2.24, 2.45) is 0 Å². The first kappa shape index (κ1) is 23.6. The lowest BCUT2D eigenvalue weighted by atomic mass is 10.1. The molecule has 176 valence electrons. The van der Waals surface area contributed by atoms with Gasteiger partial charge in [0.2, 0.25) is 0 Å². The number of ether oxygens (including phenoxy) is 1. The van der Waals surface area contributed by atoms with Crippen LogP contribution in [0, 0.1) is 13.8 Å². The van der Waals surface area contributed by atoms with E-state index < -0.39 is 0 Å². The third kappa shape index (κ3) is 6.04. The predicted octanol–water partition coefficient (Wildman–Crippen LogP) is 5.87. The predicted molar refractivity (Wildman–Crippen MR) is 137 cm³/mol. The summed E-state index contributed by atoms with van der Waals surface area (Å²) >= 11 is 0. The largest absolute Gasteiger partial charge is 0.494 e. The minimum atomic E-state index is -0.0297. The number of imidazole rings is 1. The zero-order valence-corrected chi connectivity index (χ0v) is 20.1. The number of carbonyl (C=O) groups is 1. The van der Waals surface area contributed by atoms with Crippen LogP contribution in [0.3, 0.4) is 0 Å². The van der Waals surface area contributed by atoms with Crippen molar-refractivity contribution in [3.63, 3.8) is 0 Å². The average molecular weight is 456 g/mol. The average Bonchev–Trinajstić information content (AvgIpc) is 3.21. The SMILES string of the molecule is Cc1ccc(OCCCCn2c(CCCNC(=O)c3ccccc3)nc3ccccc32)cc1C. The molecule has 5 nitrogen and oxygen atoms in total. The van der Waals surface area contributed by atoms with Crippen LogP contribution in [-0.2, 0) is 13.0 Å². The van der Waals surface area contributed by atoms with Crippen LogP contribution in [0.2, 0.25) is 0 Å². The molecule has 4 rings (SSSR count). The molecule has 0 aliphatic heterocycles. The lowest BCUT2D eigenvalue weighted by molar-refractivity contribution is 0.0953. The highest BCUT2D eigenvalue weighted by Gasteiger charge is 2.11. The fourth-order valence-corrected chi connectivity index (χ4v) is 4.07. The summed E-state index contributed by atoms with van der Waals surface area (Å²) in [5.74, 6) is 1.98. The number of aryl methyl sites for hydroxylation is 4. The lowest BCUT2D eigenvalue weighted by Gasteiger charge is -2.11. The fourth-order valence-electron chi connectivity index (χ4n) is 4.07. The van der Waals surface area contributed by atoms with Gasteiger partial charge in [0, 0.05) is 25.1 Å². The van der Waals surface area contributed by atoms with E-state index in [1.807, 2.05) is 42.5 Å². The van der Waals surface area contributed by atoms with Gasteiger partial charge < -0.3 is 14.6 Å². The highest BCUT2D eigenvalue weighted by molar-refractivity contribution is 5.94. The molecule has 0 radical (unpaired) electrons. The van der Waals surface area contributed by atoms with Gasteiger partial charge in [-0.1, -0.05) is 36.4 Å². The Bertz CT molecular complexity index is 1230.